The third-order valence-electron chi connectivity index (χ3n) is 1.08. The second-order valence-corrected chi connectivity index (χ2v) is 7.67. The lowest BCUT2D eigenvalue weighted by atomic mass is 10.9. The van der Waals surface area contributed by atoms with Gasteiger partial charge in [-0.2, -0.15) is 0 Å². The second-order valence-electron chi connectivity index (χ2n) is 2.66. The van der Waals surface area contributed by atoms with Crippen molar-refractivity contribution in [1.82, 2.24) is 0 Å². The first kappa shape index (κ1) is 9.79. The number of hydrogen-bond donors (Lipinski definition) is 0. The first-order valence-corrected chi connectivity index (χ1v) is 7.72. The molecule has 1 unspecified atom stereocenters. The topological polar surface area (TPSA) is 0 Å². The molecule has 9 heavy (non-hydrogen) atoms. The Balaban J connectivity index is 3.38. The molecule has 0 aliphatic carbocycles. The highest BCUT2D eigenvalue weighted by Gasteiger charge is 2.11. The summed E-state index contributed by atoms with van der Waals surface area (Å²) in [5.41, 5.74) is 0. The van der Waals surface area contributed by atoms with Gasteiger partial charge in [-0.25, -0.2) is 4.39 Å². The molecule has 0 aliphatic heterocycles. The summed E-state index contributed by atoms with van der Waals surface area (Å²) in [5, 5.41) is 0. The molecular formula is C6H15FP2. The summed E-state index contributed by atoms with van der Waals surface area (Å²) in [6, 6.07) is 0. The van der Waals surface area contributed by atoms with E-state index in [2.05, 4.69) is 13.3 Å². The summed E-state index contributed by atoms with van der Waals surface area (Å²) in [4.78, 5) is 0. The monoisotopic (exact) mass is 168 g/mol. The van der Waals surface area contributed by atoms with Crippen molar-refractivity contribution in [3.05, 3.63) is 0 Å². The summed E-state index contributed by atoms with van der Waals surface area (Å²) in [6.07, 6.45) is 0.800. The van der Waals surface area contributed by atoms with Gasteiger partial charge in [0.05, 0.1) is 0 Å². The van der Waals surface area contributed by atoms with E-state index in [0.29, 0.717) is 0 Å². The van der Waals surface area contributed by atoms with Crippen LogP contribution in [0.3, 0.4) is 0 Å². The molecule has 1 atom stereocenters. The van der Waals surface area contributed by atoms with E-state index in [9.17, 15) is 4.39 Å². The fourth-order valence-electron chi connectivity index (χ4n) is 0.465. The zero-order valence-corrected chi connectivity index (χ0v) is 8.35. The molecule has 0 aromatic rings. The highest BCUT2D eigenvalue weighted by atomic mass is 31.1. The summed E-state index contributed by atoms with van der Waals surface area (Å²) >= 11 is 0. The largest absolute Gasteiger partial charge is 0.242 e. The minimum Gasteiger partial charge on any atom is -0.242 e. The Kier molecular flexibility index (Phi) is 4.98. The van der Waals surface area contributed by atoms with Gasteiger partial charge in [0.2, 0.25) is 0 Å². The first-order chi connectivity index (χ1) is 4.04. The molecule has 0 rings (SSSR count). The van der Waals surface area contributed by atoms with Crippen molar-refractivity contribution in [2.75, 3.05) is 32.8 Å². The Morgan fingerprint density at radius 2 is 1.67 bits per heavy atom. The van der Waals surface area contributed by atoms with E-state index < -0.39 is 5.91 Å². The van der Waals surface area contributed by atoms with Gasteiger partial charge in [0, 0.05) is 6.16 Å². The van der Waals surface area contributed by atoms with Crippen LogP contribution in [0, 0.1) is 0 Å². The lowest BCUT2D eigenvalue weighted by Crippen LogP contribution is -2.00. The van der Waals surface area contributed by atoms with Crippen LogP contribution in [0.1, 0.15) is 0 Å². The normalized spacial score (nSPS) is 15.0. The van der Waals surface area contributed by atoms with Crippen molar-refractivity contribution in [3.63, 3.8) is 0 Å². The lowest BCUT2D eigenvalue weighted by Gasteiger charge is -2.14. The van der Waals surface area contributed by atoms with Crippen LogP contribution < -0.4 is 0 Å². The van der Waals surface area contributed by atoms with Gasteiger partial charge >= 0.3 is 0 Å². The van der Waals surface area contributed by atoms with Crippen molar-refractivity contribution in [3.8, 4) is 0 Å². The number of alkyl halides is 1. The molecule has 0 bridgehead atoms. The Labute approximate surface area is 59.7 Å². The van der Waals surface area contributed by atoms with Crippen molar-refractivity contribution < 1.29 is 4.39 Å². The molecule has 0 saturated heterocycles. The van der Waals surface area contributed by atoms with Gasteiger partial charge in [0.15, 0.2) is 0 Å². The van der Waals surface area contributed by atoms with Crippen molar-refractivity contribution in [2.45, 2.75) is 5.91 Å². The van der Waals surface area contributed by atoms with Gasteiger partial charge in [-0.1, -0.05) is 7.92 Å². The molecular weight excluding hydrogens is 153 g/mol. The highest BCUT2D eigenvalue weighted by molar-refractivity contribution is 7.60. The Hall–Kier alpha value is 0.790. The predicted octanol–water partition coefficient (Wildman–Crippen LogP) is 2.77. The lowest BCUT2D eigenvalue weighted by molar-refractivity contribution is 0.481. The quantitative estimate of drug-likeness (QED) is 0.568. The summed E-state index contributed by atoms with van der Waals surface area (Å²) in [7, 11) is -0.376. The molecule has 0 N–H and O–H groups in total. The Bertz CT molecular complexity index is 73.5. The fourth-order valence-corrected chi connectivity index (χ4v) is 3.35. The van der Waals surface area contributed by atoms with E-state index in [1.165, 1.54) is 0 Å². The van der Waals surface area contributed by atoms with E-state index in [1.807, 2.05) is 13.3 Å². The maximum Gasteiger partial charge on any atom is 0.122 e. The Morgan fingerprint density at radius 1 is 1.22 bits per heavy atom. The summed E-state index contributed by atoms with van der Waals surface area (Å²) in [6.45, 7) is 8.25. The van der Waals surface area contributed by atoms with Crippen molar-refractivity contribution in [2.24, 2.45) is 0 Å². The molecule has 0 nitrogen and oxygen atoms in total. The van der Waals surface area contributed by atoms with Gasteiger partial charge in [0.1, 0.15) is 5.91 Å². The van der Waals surface area contributed by atoms with Crippen molar-refractivity contribution >= 4 is 15.8 Å². The molecule has 0 amide bonds. The number of hydrogen-bond acceptors (Lipinski definition) is 0. The Morgan fingerprint density at radius 3 is 1.78 bits per heavy atom. The third kappa shape index (κ3) is 5.25. The second kappa shape index (κ2) is 4.58. The van der Waals surface area contributed by atoms with Gasteiger partial charge in [-0.3, -0.25) is 0 Å². The van der Waals surface area contributed by atoms with Crippen LogP contribution in [-0.2, 0) is 0 Å². The average molecular weight is 168 g/mol. The molecule has 0 aromatic heterocycles. The molecule has 56 valence electrons. The van der Waals surface area contributed by atoms with Crippen LogP contribution in [0.2, 0.25) is 0 Å². The van der Waals surface area contributed by atoms with Crippen LogP contribution >= 0.6 is 15.8 Å². The molecule has 0 aromatic carbocycles. The van der Waals surface area contributed by atoms with Crippen LogP contribution in [0.15, 0.2) is 0 Å². The van der Waals surface area contributed by atoms with Crippen molar-refractivity contribution in [1.29, 1.82) is 0 Å². The zero-order valence-electron chi connectivity index (χ0n) is 6.56. The first-order valence-electron chi connectivity index (χ1n) is 2.99. The standard InChI is InChI=1S/C6H15FP2/c1-8(2)5-6(7)9(3)4/h6H,5H2,1-4H3. The van der Waals surface area contributed by atoms with E-state index in [0.717, 1.165) is 6.16 Å². The minimum absolute atomic E-state index is 0.0311. The zero-order chi connectivity index (χ0) is 7.44. The van der Waals surface area contributed by atoms with E-state index in [4.69, 9.17) is 0 Å². The van der Waals surface area contributed by atoms with Crippen LogP contribution in [0.25, 0.3) is 0 Å². The van der Waals surface area contributed by atoms with Crippen LogP contribution in [0.4, 0.5) is 4.39 Å². The maximum atomic E-state index is 12.8. The molecule has 0 fully saturated rings. The van der Waals surface area contributed by atoms with E-state index in [1.54, 1.807) is 0 Å². The summed E-state index contributed by atoms with van der Waals surface area (Å²) in [5.74, 6) is -0.513. The van der Waals surface area contributed by atoms with Gasteiger partial charge in [-0.15, -0.1) is 7.92 Å². The van der Waals surface area contributed by atoms with E-state index in [-0.39, 0.29) is 15.8 Å². The molecule has 0 saturated carbocycles. The maximum absolute atomic E-state index is 12.8. The molecule has 0 heterocycles. The molecule has 0 spiro atoms. The minimum atomic E-state index is -0.513. The average Bonchev–Trinajstić information content (AvgIpc) is 1.63. The highest BCUT2D eigenvalue weighted by Crippen LogP contribution is 2.40. The van der Waals surface area contributed by atoms with Crippen LogP contribution in [-0.4, -0.2) is 38.7 Å². The summed E-state index contributed by atoms with van der Waals surface area (Å²) < 4.78 is 12.8. The molecule has 3 heteroatoms. The number of halogens is 1. The molecule has 0 radical (unpaired) electrons. The smallest absolute Gasteiger partial charge is 0.122 e. The van der Waals surface area contributed by atoms with Gasteiger partial charge in [0.25, 0.3) is 0 Å². The third-order valence-corrected chi connectivity index (χ3v) is 3.72. The van der Waals surface area contributed by atoms with Crippen LogP contribution in [0.5, 0.6) is 0 Å². The molecule has 0 aliphatic rings. The number of rotatable bonds is 3. The SMILES string of the molecule is CP(C)CC(F)P(C)C. The van der Waals surface area contributed by atoms with E-state index >= 15 is 0 Å². The van der Waals surface area contributed by atoms with Gasteiger partial charge < -0.3 is 0 Å². The van der Waals surface area contributed by atoms with Gasteiger partial charge in [-0.05, 0) is 26.7 Å². The fraction of sp³-hybridized carbons (Fsp3) is 1.00. The predicted molar refractivity (Wildman–Crippen MR) is 47.3 cm³/mol.